The van der Waals surface area contributed by atoms with Gasteiger partial charge in [0.05, 0.1) is 18.4 Å². The highest BCUT2D eigenvalue weighted by Crippen LogP contribution is 2.32. The number of nitrogens with zero attached hydrogens (tertiary/aromatic N) is 3. The molecule has 3 rings (SSSR count). The number of hydrogen-bond acceptors (Lipinski definition) is 6. The Balaban J connectivity index is 1.95. The molecule has 17 heteroatoms. The van der Waals surface area contributed by atoms with E-state index in [4.69, 9.17) is 11.6 Å². The molecule has 0 bridgehead atoms. The second-order valence-corrected chi connectivity index (χ2v) is 11.4. The third-order valence-corrected chi connectivity index (χ3v) is 6.78. The second-order valence-electron chi connectivity index (χ2n) is 9.12. The van der Waals surface area contributed by atoms with Gasteiger partial charge in [0.15, 0.2) is 17.7 Å². The largest absolute Gasteiger partial charge is 0.416 e. The molecule has 0 saturated carbocycles. The molecular formula is C24H23ClF6N4O5S. The molecule has 0 saturated heterocycles. The smallest absolute Gasteiger partial charge is 0.382 e. The minimum Gasteiger partial charge on any atom is -0.382 e. The first kappa shape index (κ1) is 32.3. The van der Waals surface area contributed by atoms with Crippen LogP contribution in [0.15, 0.2) is 53.3 Å². The van der Waals surface area contributed by atoms with Gasteiger partial charge in [-0.1, -0.05) is 29.8 Å². The van der Waals surface area contributed by atoms with Gasteiger partial charge in [0.1, 0.15) is 6.54 Å². The Morgan fingerprint density at radius 1 is 1.10 bits per heavy atom. The molecule has 0 aliphatic heterocycles. The average Bonchev–Trinajstić information content (AvgIpc) is 3.15. The van der Waals surface area contributed by atoms with Gasteiger partial charge in [-0.15, -0.1) is 5.10 Å². The quantitative estimate of drug-likeness (QED) is 0.313. The van der Waals surface area contributed by atoms with E-state index >= 15 is 0 Å². The Labute approximate surface area is 234 Å². The van der Waals surface area contributed by atoms with Crippen LogP contribution in [-0.2, 0) is 34.1 Å². The summed E-state index contributed by atoms with van der Waals surface area (Å²) in [5.41, 5.74) is -2.07. The van der Waals surface area contributed by atoms with Crippen LogP contribution < -0.4 is 10.4 Å². The molecule has 224 valence electrons. The summed E-state index contributed by atoms with van der Waals surface area (Å²) < 4.78 is 105. The molecule has 0 radical (unpaired) electrons. The lowest BCUT2D eigenvalue weighted by atomic mass is 9.92. The minimum atomic E-state index is -5.07. The molecule has 2 aromatic carbocycles. The van der Waals surface area contributed by atoms with E-state index in [1.807, 2.05) is 0 Å². The van der Waals surface area contributed by atoms with Gasteiger partial charge in [0, 0.05) is 29.5 Å². The lowest BCUT2D eigenvalue weighted by Crippen LogP contribution is -2.37. The molecule has 0 spiro atoms. The molecular weight excluding hydrogens is 606 g/mol. The molecule has 0 aliphatic carbocycles. The van der Waals surface area contributed by atoms with Crippen molar-refractivity contribution in [2.45, 2.75) is 43.9 Å². The minimum absolute atomic E-state index is 0.0163. The van der Waals surface area contributed by atoms with Crippen LogP contribution in [-0.4, -0.2) is 58.7 Å². The number of halogens is 7. The summed E-state index contributed by atoms with van der Waals surface area (Å²) in [5.74, 6) is -2.19. The summed E-state index contributed by atoms with van der Waals surface area (Å²) in [5, 5.41) is 13.8. The van der Waals surface area contributed by atoms with Crippen LogP contribution in [0.25, 0.3) is 11.4 Å². The van der Waals surface area contributed by atoms with Crippen LogP contribution in [0.3, 0.4) is 0 Å². The van der Waals surface area contributed by atoms with Gasteiger partial charge in [-0.05, 0) is 35.9 Å². The van der Waals surface area contributed by atoms with Gasteiger partial charge in [-0.25, -0.2) is 22.6 Å². The summed E-state index contributed by atoms with van der Waals surface area (Å²) in [7, 11) is -3.81. The first-order chi connectivity index (χ1) is 18.8. The molecule has 2 atom stereocenters. The number of aromatic nitrogens is 3. The summed E-state index contributed by atoms with van der Waals surface area (Å²) in [6.45, 7) is -2.49. The number of alkyl halides is 6. The van der Waals surface area contributed by atoms with Crippen LogP contribution in [0.5, 0.6) is 0 Å². The number of carbonyl (C=O) groups excluding carboxylic acids is 1. The highest BCUT2D eigenvalue weighted by molar-refractivity contribution is 7.88. The molecule has 1 unspecified atom stereocenters. The van der Waals surface area contributed by atoms with E-state index in [1.165, 1.54) is 30.3 Å². The maximum atomic E-state index is 13.2. The first-order valence-electron chi connectivity index (χ1n) is 11.7. The van der Waals surface area contributed by atoms with Crippen LogP contribution in [0.4, 0.5) is 26.3 Å². The van der Waals surface area contributed by atoms with Crippen molar-refractivity contribution < 1.29 is 44.7 Å². The van der Waals surface area contributed by atoms with Crippen LogP contribution in [0.1, 0.15) is 23.5 Å². The van der Waals surface area contributed by atoms with Crippen LogP contribution in [0.2, 0.25) is 5.02 Å². The number of Topliss-reactive ketones (excluding diaryl/α,β-unsaturated/α-hetero) is 1. The topological polar surface area (TPSA) is 123 Å². The number of nitrogens with one attached hydrogen (secondary N) is 1. The van der Waals surface area contributed by atoms with E-state index in [9.17, 15) is 49.5 Å². The van der Waals surface area contributed by atoms with Gasteiger partial charge in [-0.3, -0.25) is 9.36 Å². The van der Waals surface area contributed by atoms with Crippen molar-refractivity contribution >= 4 is 27.4 Å². The van der Waals surface area contributed by atoms with Gasteiger partial charge < -0.3 is 5.11 Å². The second kappa shape index (κ2) is 12.3. The predicted molar refractivity (Wildman–Crippen MR) is 136 cm³/mol. The van der Waals surface area contributed by atoms with E-state index in [1.54, 1.807) is 0 Å². The van der Waals surface area contributed by atoms with E-state index in [2.05, 4.69) is 9.82 Å². The lowest BCUT2D eigenvalue weighted by molar-refractivity contribution is -0.207. The molecule has 0 amide bonds. The molecule has 0 fully saturated rings. The fraction of sp³-hybridized carbons (Fsp3) is 0.375. The molecule has 3 aromatic rings. The summed E-state index contributed by atoms with van der Waals surface area (Å²) >= 11 is 5.84. The van der Waals surface area contributed by atoms with Crippen molar-refractivity contribution in [3.8, 4) is 11.4 Å². The average molecular weight is 629 g/mol. The fourth-order valence-corrected chi connectivity index (χ4v) is 4.46. The number of aliphatic hydroxyl groups excluding tert-OH is 1. The maximum absolute atomic E-state index is 13.2. The Kier molecular flexibility index (Phi) is 9.73. The zero-order valence-corrected chi connectivity index (χ0v) is 22.7. The summed E-state index contributed by atoms with van der Waals surface area (Å²) in [4.78, 5) is 26.0. The first-order valence-corrected chi connectivity index (χ1v) is 13.9. The van der Waals surface area contributed by atoms with E-state index in [-0.39, 0.29) is 22.0 Å². The number of sulfonamides is 1. The predicted octanol–water partition coefficient (Wildman–Crippen LogP) is 3.60. The Bertz CT molecular complexity index is 1550. The van der Waals surface area contributed by atoms with Gasteiger partial charge in [0.2, 0.25) is 10.0 Å². The van der Waals surface area contributed by atoms with Crippen molar-refractivity contribution in [2.75, 3.05) is 12.8 Å². The molecule has 1 aromatic heterocycles. The number of benzene rings is 2. The van der Waals surface area contributed by atoms with Crippen molar-refractivity contribution in [1.29, 1.82) is 0 Å². The third-order valence-electron chi connectivity index (χ3n) is 5.84. The van der Waals surface area contributed by atoms with Crippen molar-refractivity contribution in [1.82, 2.24) is 19.1 Å². The molecule has 9 nitrogen and oxygen atoms in total. The molecule has 1 heterocycles. The van der Waals surface area contributed by atoms with Gasteiger partial charge in [0.25, 0.3) is 0 Å². The fourth-order valence-electron chi connectivity index (χ4n) is 3.83. The van der Waals surface area contributed by atoms with Crippen LogP contribution in [0, 0.1) is 0 Å². The number of aliphatic hydroxyl groups is 1. The normalized spacial score (nSPS) is 14.2. The standard InChI is InChI=1S/C24H23ClF6N4O5S/c1-41(39,40)32-11-16(15-3-2-4-17(9-15)23(26,27)28)10-19(36)12-35-22(38)34(13-20(37)24(29,30)31)21(33-35)14-5-7-18(25)8-6-14/h2-9,16,20,32,37H,10-13H2,1H3/t16?,20-/m0/s1. The SMILES string of the molecule is CS(=O)(=O)NCC(CC(=O)Cn1nc(-c2ccc(Cl)cc2)n(C[C@H](O)C(F)(F)F)c1=O)c1cccc(C(F)(F)F)c1. The summed E-state index contributed by atoms with van der Waals surface area (Å²) in [6.07, 6.45) is -12.5. The molecule has 0 aliphatic rings. The van der Waals surface area contributed by atoms with E-state index < -0.39 is 77.5 Å². The lowest BCUT2D eigenvalue weighted by Gasteiger charge is -2.18. The zero-order chi connectivity index (χ0) is 30.8. The number of carbonyl (C=O) groups is 1. The maximum Gasteiger partial charge on any atom is 0.416 e. The number of hydrogen-bond donors (Lipinski definition) is 2. The zero-order valence-electron chi connectivity index (χ0n) is 21.1. The Hall–Kier alpha value is -3.21. The monoisotopic (exact) mass is 628 g/mol. The third kappa shape index (κ3) is 8.89. The van der Waals surface area contributed by atoms with Crippen molar-refractivity contribution in [2.24, 2.45) is 0 Å². The summed E-state index contributed by atoms with van der Waals surface area (Å²) in [6, 6.07) is 9.39. The molecule has 2 N–H and O–H groups in total. The number of rotatable bonds is 11. The van der Waals surface area contributed by atoms with Crippen LogP contribution >= 0.6 is 11.6 Å². The van der Waals surface area contributed by atoms with Gasteiger partial charge in [-0.2, -0.15) is 26.3 Å². The van der Waals surface area contributed by atoms with Crippen molar-refractivity contribution in [3.05, 3.63) is 75.2 Å². The van der Waals surface area contributed by atoms with Crippen molar-refractivity contribution in [3.63, 3.8) is 0 Å². The van der Waals surface area contributed by atoms with Gasteiger partial charge >= 0.3 is 18.0 Å². The van der Waals surface area contributed by atoms with E-state index in [0.717, 1.165) is 24.5 Å². The van der Waals surface area contributed by atoms with E-state index in [0.29, 0.717) is 9.25 Å². The highest BCUT2D eigenvalue weighted by Gasteiger charge is 2.39. The number of ketones is 1. The highest BCUT2D eigenvalue weighted by atomic mass is 35.5. The molecule has 41 heavy (non-hydrogen) atoms. The Morgan fingerprint density at radius 3 is 2.29 bits per heavy atom. The Morgan fingerprint density at radius 2 is 1.73 bits per heavy atom.